The Kier molecular flexibility index (Phi) is 2.93. The summed E-state index contributed by atoms with van der Waals surface area (Å²) in [6, 6.07) is 8.86. The maximum absolute atomic E-state index is 3.77. The first-order valence-electron chi connectivity index (χ1n) is 6.80. The van der Waals surface area contributed by atoms with Crippen molar-refractivity contribution in [2.45, 2.75) is 44.2 Å². The van der Waals surface area contributed by atoms with Crippen molar-refractivity contribution < 1.29 is 0 Å². The molecule has 1 heterocycles. The molecule has 3 rings (SSSR count). The highest BCUT2D eigenvalue weighted by Gasteiger charge is 2.32. The average molecular weight is 230 g/mol. The molecule has 0 spiro atoms. The quantitative estimate of drug-likeness (QED) is 0.833. The van der Waals surface area contributed by atoms with Gasteiger partial charge in [-0.05, 0) is 37.3 Å². The van der Waals surface area contributed by atoms with E-state index in [2.05, 4.69) is 41.8 Å². The molecule has 2 aliphatic rings. The fourth-order valence-corrected chi connectivity index (χ4v) is 3.02. The van der Waals surface area contributed by atoms with Crippen LogP contribution in [0.4, 0.5) is 0 Å². The predicted molar refractivity (Wildman–Crippen MR) is 71.1 cm³/mol. The van der Waals surface area contributed by atoms with Crippen LogP contribution in [0.5, 0.6) is 0 Å². The zero-order chi connectivity index (χ0) is 11.7. The molecule has 2 heteroatoms. The second-order valence-corrected chi connectivity index (χ2v) is 5.82. The fourth-order valence-electron chi connectivity index (χ4n) is 3.02. The normalized spacial score (nSPS) is 26.1. The largest absolute Gasteiger partial charge is 0.312 e. The molecule has 0 radical (unpaired) electrons. The highest BCUT2D eigenvalue weighted by molar-refractivity contribution is 5.33. The summed E-state index contributed by atoms with van der Waals surface area (Å²) in [6.45, 7) is 5.61. The SMILES string of the molecule is CC1(NCC2CNCc3ccccc32)CCC1. The van der Waals surface area contributed by atoms with E-state index in [4.69, 9.17) is 0 Å². The van der Waals surface area contributed by atoms with Gasteiger partial charge in [0.1, 0.15) is 0 Å². The zero-order valence-electron chi connectivity index (χ0n) is 10.6. The number of hydrogen-bond donors (Lipinski definition) is 2. The van der Waals surface area contributed by atoms with Crippen molar-refractivity contribution in [3.63, 3.8) is 0 Å². The Bertz CT molecular complexity index is 396. The van der Waals surface area contributed by atoms with E-state index in [1.807, 2.05) is 0 Å². The van der Waals surface area contributed by atoms with Crippen LogP contribution in [0, 0.1) is 0 Å². The summed E-state index contributed by atoms with van der Waals surface area (Å²) < 4.78 is 0. The predicted octanol–water partition coefficient (Wildman–Crippen LogP) is 2.41. The molecule has 1 aromatic carbocycles. The van der Waals surface area contributed by atoms with E-state index in [9.17, 15) is 0 Å². The van der Waals surface area contributed by atoms with Crippen LogP contribution in [-0.2, 0) is 6.54 Å². The number of benzene rings is 1. The molecule has 0 amide bonds. The molecule has 2 N–H and O–H groups in total. The Balaban J connectivity index is 1.68. The molecule has 92 valence electrons. The highest BCUT2D eigenvalue weighted by atomic mass is 15.0. The number of fused-ring (bicyclic) bond motifs is 1. The topological polar surface area (TPSA) is 24.1 Å². The van der Waals surface area contributed by atoms with Crippen LogP contribution in [0.2, 0.25) is 0 Å². The summed E-state index contributed by atoms with van der Waals surface area (Å²) in [5.41, 5.74) is 3.44. The van der Waals surface area contributed by atoms with E-state index in [-0.39, 0.29) is 0 Å². The van der Waals surface area contributed by atoms with Crippen LogP contribution >= 0.6 is 0 Å². The molecule has 0 aromatic heterocycles. The molecule has 1 aromatic rings. The molecule has 17 heavy (non-hydrogen) atoms. The van der Waals surface area contributed by atoms with Crippen molar-refractivity contribution in [2.75, 3.05) is 13.1 Å². The smallest absolute Gasteiger partial charge is 0.0208 e. The third-order valence-electron chi connectivity index (χ3n) is 4.43. The highest BCUT2D eigenvalue weighted by Crippen LogP contribution is 2.32. The molecule has 1 atom stereocenters. The number of rotatable bonds is 3. The van der Waals surface area contributed by atoms with Gasteiger partial charge in [-0.1, -0.05) is 24.3 Å². The minimum absolute atomic E-state index is 0.423. The Morgan fingerprint density at radius 2 is 2.18 bits per heavy atom. The maximum atomic E-state index is 3.77. The van der Waals surface area contributed by atoms with Crippen molar-refractivity contribution in [1.29, 1.82) is 0 Å². The summed E-state index contributed by atoms with van der Waals surface area (Å²) in [5, 5.41) is 7.29. The van der Waals surface area contributed by atoms with Crippen LogP contribution in [0.25, 0.3) is 0 Å². The first kappa shape index (κ1) is 11.2. The number of nitrogens with one attached hydrogen (secondary N) is 2. The van der Waals surface area contributed by atoms with Crippen molar-refractivity contribution in [2.24, 2.45) is 0 Å². The second kappa shape index (κ2) is 4.43. The Morgan fingerprint density at radius 1 is 1.35 bits per heavy atom. The standard InChI is InChI=1S/C15H22N2/c1-15(7-4-8-15)17-11-13-10-16-9-12-5-2-3-6-14(12)13/h2-3,5-6,13,16-17H,4,7-11H2,1H3. The van der Waals surface area contributed by atoms with Gasteiger partial charge in [0, 0.05) is 31.1 Å². The van der Waals surface area contributed by atoms with Crippen molar-refractivity contribution >= 4 is 0 Å². The zero-order valence-corrected chi connectivity index (χ0v) is 10.6. The summed E-state index contributed by atoms with van der Waals surface area (Å²) in [4.78, 5) is 0. The van der Waals surface area contributed by atoms with Crippen molar-refractivity contribution in [3.05, 3.63) is 35.4 Å². The second-order valence-electron chi connectivity index (χ2n) is 5.82. The van der Waals surface area contributed by atoms with Crippen LogP contribution in [0.3, 0.4) is 0 Å². The Morgan fingerprint density at radius 3 is 2.94 bits per heavy atom. The summed E-state index contributed by atoms with van der Waals surface area (Å²) in [6.07, 6.45) is 4.08. The van der Waals surface area contributed by atoms with Gasteiger partial charge >= 0.3 is 0 Å². The van der Waals surface area contributed by atoms with Gasteiger partial charge in [0.2, 0.25) is 0 Å². The number of hydrogen-bond acceptors (Lipinski definition) is 2. The van der Waals surface area contributed by atoms with E-state index in [1.165, 1.54) is 24.8 Å². The lowest BCUT2D eigenvalue weighted by Gasteiger charge is -2.41. The van der Waals surface area contributed by atoms with E-state index in [1.54, 1.807) is 5.56 Å². The van der Waals surface area contributed by atoms with Gasteiger partial charge in [0.25, 0.3) is 0 Å². The monoisotopic (exact) mass is 230 g/mol. The molecule has 1 unspecified atom stereocenters. The summed E-state index contributed by atoms with van der Waals surface area (Å²) in [5.74, 6) is 0.636. The summed E-state index contributed by atoms with van der Waals surface area (Å²) >= 11 is 0. The lowest BCUT2D eigenvalue weighted by molar-refractivity contribution is 0.204. The summed E-state index contributed by atoms with van der Waals surface area (Å²) in [7, 11) is 0. The molecular formula is C15H22N2. The molecular weight excluding hydrogens is 208 g/mol. The molecule has 0 bridgehead atoms. The molecule has 1 aliphatic carbocycles. The van der Waals surface area contributed by atoms with Crippen molar-refractivity contribution in [1.82, 2.24) is 10.6 Å². The van der Waals surface area contributed by atoms with Gasteiger partial charge in [-0.15, -0.1) is 0 Å². The third kappa shape index (κ3) is 2.24. The minimum Gasteiger partial charge on any atom is -0.312 e. The van der Waals surface area contributed by atoms with E-state index < -0.39 is 0 Å². The van der Waals surface area contributed by atoms with Crippen LogP contribution in [0.15, 0.2) is 24.3 Å². The first-order chi connectivity index (χ1) is 8.27. The van der Waals surface area contributed by atoms with Crippen LogP contribution in [0.1, 0.15) is 43.2 Å². The fraction of sp³-hybridized carbons (Fsp3) is 0.600. The lowest BCUT2D eigenvalue weighted by Crippen LogP contribution is -2.50. The third-order valence-corrected chi connectivity index (χ3v) is 4.43. The van der Waals surface area contributed by atoms with E-state index >= 15 is 0 Å². The Labute approximate surface area is 104 Å². The molecule has 1 aliphatic heterocycles. The van der Waals surface area contributed by atoms with E-state index in [0.717, 1.165) is 19.6 Å². The van der Waals surface area contributed by atoms with Gasteiger partial charge in [0.15, 0.2) is 0 Å². The lowest BCUT2D eigenvalue weighted by atomic mass is 9.78. The molecule has 1 fully saturated rings. The first-order valence-corrected chi connectivity index (χ1v) is 6.80. The van der Waals surface area contributed by atoms with Crippen LogP contribution < -0.4 is 10.6 Å². The molecule has 2 nitrogen and oxygen atoms in total. The van der Waals surface area contributed by atoms with E-state index in [0.29, 0.717) is 11.5 Å². The van der Waals surface area contributed by atoms with Gasteiger partial charge in [-0.25, -0.2) is 0 Å². The van der Waals surface area contributed by atoms with Crippen molar-refractivity contribution in [3.8, 4) is 0 Å². The van der Waals surface area contributed by atoms with Gasteiger partial charge in [0.05, 0.1) is 0 Å². The maximum Gasteiger partial charge on any atom is 0.0208 e. The van der Waals surface area contributed by atoms with Gasteiger partial charge in [-0.3, -0.25) is 0 Å². The average Bonchev–Trinajstić information content (AvgIpc) is 2.34. The molecule has 0 saturated heterocycles. The van der Waals surface area contributed by atoms with Gasteiger partial charge in [-0.2, -0.15) is 0 Å². The molecule has 1 saturated carbocycles. The minimum atomic E-state index is 0.423. The van der Waals surface area contributed by atoms with Crippen LogP contribution in [-0.4, -0.2) is 18.6 Å². The Hall–Kier alpha value is -0.860. The van der Waals surface area contributed by atoms with Gasteiger partial charge < -0.3 is 10.6 Å².